The Bertz CT molecular complexity index is 502. The van der Waals surface area contributed by atoms with E-state index in [1.54, 1.807) is 13.8 Å². The van der Waals surface area contributed by atoms with Crippen molar-refractivity contribution in [3.63, 3.8) is 0 Å². The zero-order valence-electron chi connectivity index (χ0n) is 12.0. The molecule has 0 aliphatic carbocycles. The van der Waals surface area contributed by atoms with E-state index in [0.29, 0.717) is 22.3 Å². The Morgan fingerprint density at radius 1 is 0.700 bits per heavy atom. The molecule has 0 bridgehead atoms. The van der Waals surface area contributed by atoms with E-state index in [9.17, 15) is 22.0 Å². The summed E-state index contributed by atoms with van der Waals surface area (Å²) < 4.78 is 64.4. The van der Waals surface area contributed by atoms with Crippen LogP contribution >= 0.6 is 0 Å². The zero-order chi connectivity index (χ0) is 16.0. The maximum absolute atomic E-state index is 13.5. The average molecular weight is 295 g/mol. The molecule has 1 unspecified atom stereocenters. The number of nitrogens with two attached hydrogens (primary N) is 1. The third kappa shape index (κ3) is 2.41. The predicted octanol–water partition coefficient (Wildman–Crippen LogP) is 4.43. The molecule has 0 spiro atoms. The molecular formula is C14H18F5N. The van der Waals surface area contributed by atoms with Gasteiger partial charge in [0.25, 0.3) is 0 Å². The van der Waals surface area contributed by atoms with Crippen LogP contribution in [0.4, 0.5) is 22.0 Å². The van der Waals surface area contributed by atoms with E-state index in [0.717, 1.165) is 5.56 Å². The first kappa shape index (κ1) is 16.9. The van der Waals surface area contributed by atoms with Gasteiger partial charge in [0.05, 0.1) is 0 Å². The quantitative estimate of drug-likeness (QED) is 0.803. The monoisotopic (exact) mass is 295 g/mol. The molecule has 0 saturated heterocycles. The van der Waals surface area contributed by atoms with Crippen LogP contribution < -0.4 is 5.73 Å². The molecule has 0 radical (unpaired) electrons. The van der Waals surface area contributed by atoms with E-state index in [2.05, 4.69) is 0 Å². The molecule has 0 saturated carbocycles. The number of rotatable bonds is 2. The zero-order valence-corrected chi connectivity index (χ0v) is 12.0. The van der Waals surface area contributed by atoms with Crippen molar-refractivity contribution in [2.24, 2.45) is 5.73 Å². The normalized spacial score (nSPS) is 14.6. The lowest BCUT2D eigenvalue weighted by atomic mass is 9.84. The third-order valence-corrected chi connectivity index (χ3v) is 4.14. The van der Waals surface area contributed by atoms with Crippen LogP contribution in [-0.4, -0.2) is 12.1 Å². The molecule has 20 heavy (non-hydrogen) atoms. The highest BCUT2D eigenvalue weighted by atomic mass is 19.4. The summed E-state index contributed by atoms with van der Waals surface area (Å²) in [6.07, 6.45) is -5.67. The highest BCUT2D eigenvalue weighted by Crippen LogP contribution is 2.45. The molecule has 1 atom stereocenters. The fourth-order valence-electron chi connectivity index (χ4n) is 2.35. The second-order valence-electron chi connectivity index (χ2n) is 5.14. The molecular weight excluding hydrogens is 277 g/mol. The van der Waals surface area contributed by atoms with Crippen LogP contribution in [0, 0.1) is 34.6 Å². The highest BCUT2D eigenvalue weighted by molar-refractivity contribution is 5.51. The van der Waals surface area contributed by atoms with Crippen molar-refractivity contribution < 1.29 is 22.0 Å². The van der Waals surface area contributed by atoms with Crippen LogP contribution in [0.3, 0.4) is 0 Å². The average Bonchev–Trinajstić information content (AvgIpc) is 2.32. The Morgan fingerprint density at radius 3 is 1.30 bits per heavy atom. The molecule has 0 aliphatic rings. The minimum atomic E-state index is -5.67. The lowest BCUT2D eigenvalue weighted by Gasteiger charge is -2.30. The van der Waals surface area contributed by atoms with E-state index in [1.165, 1.54) is 13.8 Å². The SMILES string of the molecule is Cc1c(C)c(C)c(C(N)C(F)(F)C(F)(F)F)c(C)c1C. The van der Waals surface area contributed by atoms with E-state index in [-0.39, 0.29) is 5.56 Å². The Kier molecular flexibility index (Phi) is 4.21. The van der Waals surface area contributed by atoms with Gasteiger partial charge in [-0.05, 0) is 68.0 Å². The lowest BCUT2D eigenvalue weighted by molar-refractivity contribution is -0.291. The number of halogens is 5. The Balaban J connectivity index is 3.57. The van der Waals surface area contributed by atoms with Crippen molar-refractivity contribution in [1.82, 2.24) is 0 Å². The summed E-state index contributed by atoms with van der Waals surface area (Å²) in [5, 5.41) is 0. The van der Waals surface area contributed by atoms with Crippen molar-refractivity contribution in [3.05, 3.63) is 33.4 Å². The van der Waals surface area contributed by atoms with Gasteiger partial charge in [0.15, 0.2) is 0 Å². The number of hydrogen-bond donors (Lipinski definition) is 1. The summed E-state index contributed by atoms with van der Waals surface area (Å²) in [4.78, 5) is 0. The van der Waals surface area contributed by atoms with Gasteiger partial charge in [0.1, 0.15) is 6.04 Å². The molecule has 1 aromatic rings. The van der Waals surface area contributed by atoms with Crippen LogP contribution in [0.2, 0.25) is 0 Å². The Labute approximate surface area is 115 Å². The largest absolute Gasteiger partial charge is 0.455 e. The first-order valence-electron chi connectivity index (χ1n) is 6.11. The number of benzene rings is 1. The topological polar surface area (TPSA) is 26.0 Å². The van der Waals surface area contributed by atoms with Gasteiger partial charge >= 0.3 is 12.1 Å². The molecule has 1 rings (SSSR count). The van der Waals surface area contributed by atoms with Crippen molar-refractivity contribution in [3.8, 4) is 0 Å². The van der Waals surface area contributed by atoms with Crippen LogP contribution in [0.1, 0.15) is 39.4 Å². The molecule has 1 nitrogen and oxygen atoms in total. The Hall–Kier alpha value is -1.17. The standard InChI is InChI=1S/C14H18F5N/c1-6-7(2)9(4)11(10(5)8(6)3)12(20)13(15,16)14(17,18)19/h12H,20H2,1-5H3. The first-order chi connectivity index (χ1) is 8.84. The van der Waals surface area contributed by atoms with Gasteiger partial charge in [-0.15, -0.1) is 0 Å². The predicted molar refractivity (Wildman–Crippen MR) is 68.1 cm³/mol. The van der Waals surface area contributed by atoms with Gasteiger partial charge in [-0.3, -0.25) is 0 Å². The molecule has 0 heterocycles. The Morgan fingerprint density at radius 2 is 1.00 bits per heavy atom. The summed E-state index contributed by atoms with van der Waals surface area (Å²) >= 11 is 0. The second-order valence-corrected chi connectivity index (χ2v) is 5.14. The van der Waals surface area contributed by atoms with E-state index >= 15 is 0 Å². The van der Waals surface area contributed by atoms with Crippen LogP contribution in [-0.2, 0) is 0 Å². The smallest absolute Gasteiger partial charge is 0.319 e. The van der Waals surface area contributed by atoms with Crippen molar-refractivity contribution in [2.45, 2.75) is 52.8 Å². The van der Waals surface area contributed by atoms with Crippen LogP contribution in [0.25, 0.3) is 0 Å². The maximum atomic E-state index is 13.5. The molecule has 0 aliphatic heterocycles. The minimum Gasteiger partial charge on any atom is -0.319 e. The fraction of sp³-hybridized carbons (Fsp3) is 0.571. The van der Waals surface area contributed by atoms with Crippen LogP contribution in [0.5, 0.6) is 0 Å². The minimum absolute atomic E-state index is 0.118. The molecule has 114 valence electrons. The molecule has 1 aromatic carbocycles. The molecule has 0 fully saturated rings. The summed E-state index contributed by atoms with van der Waals surface area (Å²) in [7, 11) is 0. The van der Waals surface area contributed by atoms with E-state index in [1.807, 2.05) is 6.92 Å². The molecule has 0 amide bonds. The lowest BCUT2D eigenvalue weighted by Crippen LogP contribution is -2.46. The third-order valence-electron chi connectivity index (χ3n) is 4.14. The van der Waals surface area contributed by atoms with Crippen molar-refractivity contribution >= 4 is 0 Å². The molecule has 2 N–H and O–H groups in total. The van der Waals surface area contributed by atoms with Crippen LogP contribution in [0.15, 0.2) is 0 Å². The highest BCUT2D eigenvalue weighted by Gasteiger charge is 2.62. The summed E-state index contributed by atoms with van der Waals surface area (Å²) in [5.74, 6) is -4.96. The molecule has 6 heteroatoms. The summed E-state index contributed by atoms with van der Waals surface area (Å²) in [6.45, 7) is 8.24. The van der Waals surface area contributed by atoms with Gasteiger partial charge < -0.3 is 5.73 Å². The van der Waals surface area contributed by atoms with Gasteiger partial charge in [0.2, 0.25) is 0 Å². The van der Waals surface area contributed by atoms with Gasteiger partial charge in [-0.1, -0.05) is 0 Å². The van der Waals surface area contributed by atoms with Crippen molar-refractivity contribution in [2.75, 3.05) is 0 Å². The van der Waals surface area contributed by atoms with Crippen molar-refractivity contribution in [1.29, 1.82) is 0 Å². The van der Waals surface area contributed by atoms with Gasteiger partial charge in [-0.25, -0.2) is 0 Å². The summed E-state index contributed by atoms with van der Waals surface area (Å²) in [5.41, 5.74) is 8.21. The second kappa shape index (κ2) is 4.98. The van der Waals surface area contributed by atoms with Gasteiger partial charge in [0, 0.05) is 0 Å². The van der Waals surface area contributed by atoms with Gasteiger partial charge in [-0.2, -0.15) is 22.0 Å². The fourth-order valence-corrected chi connectivity index (χ4v) is 2.35. The van der Waals surface area contributed by atoms with E-state index in [4.69, 9.17) is 5.73 Å². The van der Waals surface area contributed by atoms with E-state index < -0.39 is 18.1 Å². The number of alkyl halides is 5. The number of hydrogen-bond acceptors (Lipinski definition) is 1. The first-order valence-corrected chi connectivity index (χ1v) is 6.11. The summed E-state index contributed by atoms with van der Waals surface area (Å²) in [6, 6.07) is -2.40. The molecule has 0 aromatic heterocycles. The maximum Gasteiger partial charge on any atom is 0.455 e.